The second-order valence-corrected chi connectivity index (χ2v) is 5.06. The standard InChI is InChI=1S/C16H17N3OS/c1-3-19(16(20)12-7-5-4-6-8-12)14-9-11(2)18-10-13(14)15(17)21/h4-10H,3H2,1-2H3,(H2,17,21). The van der Waals surface area contributed by atoms with Gasteiger partial charge in [-0.15, -0.1) is 0 Å². The highest BCUT2D eigenvalue weighted by molar-refractivity contribution is 7.80. The molecule has 0 spiro atoms. The van der Waals surface area contributed by atoms with Crippen LogP contribution in [0.3, 0.4) is 0 Å². The fourth-order valence-corrected chi connectivity index (χ4v) is 2.28. The Kier molecular flexibility index (Phi) is 4.65. The number of anilines is 1. The highest BCUT2D eigenvalue weighted by atomic mass is 32.1. The maximum Gasteiger partial charge on any atom is 0.258 e. The Morgan fingerprint density at radius 2 is 2.00 bits per heavy atom. The van der Waals surface area contributed by atoms with Crippen molar-refractivity contribution in [3.8, 4) is 0 Å². The van der Waals surface area contributed by atoms with Crippen LogP contribution in [0.5, 0.6) is 0 Å². The van der Waals surface area contributed by atoms with Crippen molar-refractivity contribution in [3.05, 3.63) is 59.4 Å². The van der Waals surface area contributed by atoms with E-state index in [1.54, 1.807) is 23.2 Å². The van der Waals surface area contributed by atoms with Gasteiger partial charge < -0.3 is 10.6 Å². The van der Waals surface area contributed by atoms with Crippen molar-refractivity contribution in [1.29, 1.82) is 0 Å². The van der Waals surface area contributed by atoms with E-state index in [9.17, 15) is 4.79 Å². The molecule has 1 aromatic carbocycles. The van der Waals surface area contributed by atoms with Crippen LogP contribution in [0.25, 0.3) is 0 Å². The highest BCUT2D eigenvalue weighted by Crippen LogP contribution is 2.23. The van der Waals surface area contributed by atoms with Crippen LogP contribution in [0.15, 0.2) is 42.6 Å². The predicted octanol–water partition coefficient (Wildman–Crippen LogP) is 2.69. The van der Waals surface area contributed by atoms with Crippen LogP contribution in [0.1, 0.15) is 28.5 Å². The van der Waals surface area contributed by atoms with Crippen LogP contribution in [0.2, 0.25) is 0 Å². The third-order valence-corrected chi connectivity index (χ3v) is 3.38. The lowest BCUT2D eigenvalue weighted by Crippen LogP contribution is -2.32. The molecule has 0 saturated heterocycles. The van der Waals surface area contributed by atoms with Gasteiger partial charge in [0.25, 0.3) is 5.91 Å². The van der Waals surface area contributed by atoms with E-state index in [1.165, 1.54) is 0 Å². The Morgan fingerprint density at radius 1 is 1.33 bits per heavy atom. The van der Waals surface area contributed by atoms with Crippen LogP contribution in [-0.4, -0.2) is 22.4 Å². The fourth-order valence-electron chi connectivity index (χ4n) is 2.12. The number of amides is 1. The molecule has 0 aliphatic rings. The van der Waals surface area contributed by atoms with E-state index in [1.807, 2.05) is 38.1 Å². The lowest BCUT2D eigenvalue weighted by atomic mass is 10.1. The van der Waals surface area contributed by atoms with Crippen LogP contribution < -0.4 is 10.6 Å². The highest BCUT2D eigenvalue weighted by Gasteiger charge is 2.20. The molecule has 2 N–H and O–H groups in total. The van der Waals surface area contributed by atoms with Crippen molar-refractivity contribution in [3.63, 3.8) is 0 Å². The lowest BCUT2D eigenvalue weighted by molar-refractivity contribution is 0.0988. The Balaban J connectivity index is 2.49. The molecule has 0 unspecified atom stereocenters. The number of carbonyl (C=O) groups is 1. The zero-order chi connectivity index (χ0) is 15.4. The monoisotopic (exact) mass is 299 g/mol. The molecule has 1 amide bonds. The smallest absolute Gasteiger partial charge is 0.258 e. The minimum Gasteiger partial charge on any atom is -0.389 e. The number of benzene rings is 1. The number of hydrogen-bond acceptors (Lipinski definition) is 3. The summed E-state index contributed by atoms with van der Waals surface area (Å²) in [6.07, 6.45) is 1.62. The Morgan fingerprint density at radius 3 is 2.57 bits per heavy atom. The fraction of sp³-hybridized carbons (Fsp3) is 0.188. The minimum absolute atomic E-state index is 0.0822. The molecule has 0 aliphatic heterocycles. The first kappa shape index (κ1) is 15.1. The predicted molar refractivity (Wildman–Crippen MR) is 88.7 cm³/mol. The third-order valence-electron chi connectivity index (χ3n) is 3.16. The number of rotatable bonds is 4. The number of aromatic nitrogens is 1. The molecular formula is C16H17N3OS. The summed E-state index contributed by atoms with van der Waals surface area (Å²) < 4.78 is 0. The molecule has 1 aromatic heterocycles. The van der Waals surface area contributed by atoms with Crippen LogP contribution in [-0.2, 0) is 0 Å². The largest absolute Gasteiger partial charge is 0.389 e. The summed E-state index contributed by atoms with van der Waals surface area (Å²) in [6, 6.07) is 11.0. The first-order valence-corrected chi connectivity index (χ1v) is 7.08. The molecule has 0 saturated carbocycles. The molecule has 108 valence electrons. The van der Waals surface area contributed by atoms with Gasteiger partial charge >= 0.3 is 0 Å². The average molecular weight is 299 g/mol. The second-order valence-electron chi connectivity index (χ2n) is 4.62. The lowest BCUT2D eigenvalue weighted by Gasteiger charge is -2.24. The topological polar surface area (TPSA) is 59.2 Å². The zero-order valence-electron chi connectivity index (χ0n) is 12.0. The molecule has 2 aromatic rings. The molecule has 21 heavy (non-hydrogen) atoms. The van der Waals surface area contributed by atoms with Crippen molar-refractivity contribution in [2.45, 2.75) is 13.8 Å². The Hall–Kier alpha value is -2.27. The van der Waals surface area contributed by atoms with Crippen LogP contribution >= 0.6 is 12.2 Å². The third kappa shape index (κ3) is 3.25. The summed E-state index contributed by atoms with van der Waals surface area (Å²) in [5.41, 5.74) is 8.50. The molecule has 5 heteroatoms. The zero-order valence-corrected chi connectivity index (χ0v) is 12.9. The van der Waals surface area contributed by atoms with E-state index in [0.29, 0.717) is 23.4 Å². The molecule has 1 heterocycles. The quantitative estimate of drug-likeness (QED) is 0.882. The molecule has 0 bridgehead atoms. The first-order valence-electron chi connectivity index (χ1n) is 6.68. The van der Waals surface area contributed by atoms with E-state index in [4.69, 9.17) is 18.0 Å². The molecule has 0 aliphatic carbocycles. The van der Waals surface area contributed by atoms with Gasteiger partial charge in [-0.3, -0.25) is 9.78 Å². The van der Waals surface area contributed by atoms with Gasteiger partial charge in [-0.25, -0.2) is 0 Å². The van der Waals surface area contributed by atoms with Gasteiger partial charge in [0.15, 0.2) is 0 Å². The normalized spacial score (nSPS) is 10.2. The van der Waals surface area contributed by atoms with E-state index >= 15 is 0 Å². The van der Waals surface area contributed by atoms with E-state index < -0.39 is 0 Å². The molecule has 2 rings (SSSR count). The number of carbonyl (C=O) groups excluding carboxylic acids is 1. The molecule has 0 atom stereocenters. The van der Waals surface area contributed by atoms with Crippen LogP contribution in [0, 0.1) is 6.92 Å². The molecular weight excluding hydrogens is 282 g/mol. The van der Waals surface area contributed by atoms with Crippen molar-refractivity contribution in [1.82, 2.24) is 4.98 Å². The Bertz CT molecular complexity index is 670. The van der Waals surface area contributed by atoms with E-state index in [2.05, 4.69) is 4.98 Å². The average Bonchev–Trinajstić information content (AvgIpc) is 2.48. The van der Waals surface area contributed by atoms with Gasteiger partial charge in [0, 0.05) is 24.0 Å². The van der Waals surface area contributed by atoms with Crippen LogP contribution in [0.4, 0.5) is 5.69 Å². The van der Waals surface area contributed by atoms with E-state index in [-0.39, 0.29) is 10.9 Å². The van der Waals surface area contributed by atoms with Crippen molar-refractivity contribution in [2.24, 2.45) is 5.73 Å². The number of thiocarbonyl (C=S) groups is 1. The number of nitrogens with zero attached hydrogens (tertiary/aromatic N) is 2. The van der Waals surface area contributed by atoms with Gasteiger partial charge in [-0.2, -0.15) is 0 Å². The van der Waals surface area contributed by atoms with Gasteiger partial charge in [0.05, 0.1) is 11.3 Å². The number of pyridine rings is 1. The molecule has 4 nitrogen and oxygen atoms in total. The summed E-state index contributed by atoms with van der Waals surface area (Å²) in [6.45, 7) is 4.31. The van der Waals surface area contributed by atoms with Gasteiger partial charge in [0.1, 0.15) is 4.99 Å². The van der Waals surface area contributed by atoms with Gasteiger partial charge in [0.2, 0.25) is 0 Å². The summed E-state index contributed by atoms with van der Waals surface area (Å²) in [5, 5.41) is 0. The molecule has 0 radical (unpaired) electrons. The van der Waals surface area contributed by atoms with E-state index in [0.717, 1.165) is 5.69 Å². The Labute approximate surface area is 129 Å². The second kappa shape index (κ2) is 6.45. The molecule has 0 fully saturated rings. The number of aryl methyl sites for hydroxylation is 1. The first-order chi connectivity index (χ1) is 10.0. The SMILES string of the molecule is CCN(C(=O)c1ccccc1)c1cc(C)ncc1C(N)=S. The van der Waals surface area contributed by atoms with Crippen molar-refractivity contribution < 1.29 is 4.79 Å². The number of hydrogen-bond donors (Lipinski definition) is 1. The summed E-state index contributed by atoms with van der Waals surface area (Å²) in [7, 11) is 0. The number of nitrogens with two attached hydrogens (primary N) is 1. The summed E-state index contributed by atoms with van der Waals surface area (Å²) >= 11 is 5.06. The van der Waals surface area contributed by atoms with Gasteiger partial charge in [-0.05, 0) is 32.0 Å². The van der Waals surface area contributed by atoms with Gasteiger partial charge in [-0.1, -0.05) is 30.4 Å². The maximum atomic E-state index is 12.7. The minimum atomic E-state index is -0.0822. The summed E-state index contributed by atoms with van der Waals surface area (Å²) in [4.78, 5) is 18.8. The maximum absolute atomic E-state index is 12.7. The van der Waals surface area contributed by atoms with Crippen molar-refractivity contribution in [2.75, 3.05) is 11.4 Å². The summed E-state index contributed by atoms with van der Waals surface area (Å²) in [5.74, 6) is -0.0822. The van der Waals surface area contributed by atoms with Crippen molar-refractivity contribution >= 4 is 28.8 Å².